The number of nitrogens with two attached hydrogens (primary N) is 3. The van der Waals surface area contributed by atoms with Gasteiger partial charge in [-0.2, -0.15) is 5.10 Å². The zero-order chi connectivity index (χ0) is 26.9. The molecule has 2 fully saturated rings. The van der Waals surface area contributed by atoms with E-state index < -0.39 is 0 Å². The van der Waals surface area contributed by atoms with E-state index >= 15 is 0 Å². The van der Waals surface area contributed by atoms with Crippen LogP contribution >= 0.6 is 0 Å². The number of halogens is 2. The third-order valence-corrected chi connectivity index (χ3v) is 6.17. The first-order valence-electron chi connectivity index (χ1n) is 12.3. The molecule has 0 unspecified atom stereocenters. The number of hydrogen-bond donors (Lipinski definition) is 4. The second-order valence-electron chi connectivity index (χ2n) is 8.98. The SMILES string of the molecule is NC1=NN=C(N)C1=NNc1ccc(CN2CCOCC2)c(F)c1.Nc1ccc(CN2CCOCC2)c(F)c1. The van der Waals surface area contributed by atoms with Crippen LogP contribution in [0, 0.1) is 11.6 Å². The van der Waals surface area contributed by atoms with Gasteiger partial charge < -0.3 is 26.7 Å². The Labute approximate surface area is 219 Å². The van der Waals surface area contributed by atoms with Crippen LogP contribution in [0.5, 0.6) is 0 Å². The van der Waals surface area contributed by atoms with Crippen LogP contribution in [0.3, 0.4) is 0 Å². The number of hydrogen-bond acceptors (Lipinski definition) is 11. The lowest BCUT2D eigenvalue weighted by Gasteiger charge is -2.26. The Hall–Kier alpha value is -3.65. The molecule has 0 saturated carbocycles. The molecule has 3 aliphatic heterocycles. The summed E-state index contributed by atoms with van der Waals surface area (Å²) < 4.78 is 38.2. The van der Waals surface area contributed by atoms with E-state index in [9.17, 15) is 8.78 Å². The number of nitrogens with one attached hydrogen (secondary N) is 1. The molecular weight excluding hydrogens is 496 g/mol. The summed E-state index contributed by atoms with van der Waals surface area (Å²) >= 11 is 0. The van der Waals surface area contributed by atoms with Gasteiger partial charge in [-0.3, -0.25) is 15.2 Å². The van der Waals surface area contributed by atoms with Gasteiger partial charge in [0.25, 0.3) is 0 Å². The predicted octanol–water partition coefficient (Wildman–Crippen LogP) is 1.31. The van der Waals surface area contributed by atoms with Crippen LogP contribution in [-0.2, 0) is 22.6 Å². The van der Waals surface area contributed by atoms with E-state index in [-0.39, 0.29) is 29.0 Å². The van der Waals surface area contributed by atoms with Crippen LogP contribution in [-0.4, -0.2) is 79.8 Å². The van der Waals surface area contributed by atoms with Gasteiger partial charge in [0, 0.05) is 56.1 Å². The fourth-order valence-electron chi connectivity index (χ4n) is 4.01. The Balaban J connectivity index is 0.000000194. The molecule has 0 amide bonds. The summed E-state index contributed by atoms with van der Waals surface area (Å²) in [5.41, 5.74) is 21.9. The van der Waals surface area contributed by atoms with E-state index in [0.717, 1.165) is 39.4 Å². The van der Waals surface area contributed by atoms with Crippen molar-refractivity contribution in [2.75, 3.05) is 63.8 Å². The van der Waals surface area contributed by atoms with Gasteiger partial charge in [0.15, 0.2) is 17.4 Å². The third kappa shape index (κ3) is 7.68. The summed E-state index contributed by atoms with van der Waals surface area (Å²) in [5.74, 6) is -0.267. The van der Waals surface area contributed by atoms with Gasteiger partial charge in [0.2, 0.25) is 0 Å². The minimum absolute atomic E-state index is 0.124. The number of benzene rings is 2. The summed E-state index contributed by atoms with van der Waals surface area (Å²) in [5, 5.41) is 11.2. The average molecular weight is 530 g/mol. The van der Waals surface area contributed by atoms with Crippen LogP contribution in [0.2, 0.25) is 0 Å². The van der Waals surface area contributed by atoms with E-state index in [1.165, 1.54) is 12.1 Å². The molecule has 3 heterocycles. The van der Waals surface area contributed by atoms with Crippen LogP contribution < -0.4 is 22.6 Å². The maximum absolute atomic E-state index is 14.2. The molecule has 11 nitrogen and oxygen atoms in total. The molecule has 0 aromatic heterocycles. The molecule has 0 aliphatic carbocycles. The highest BCUT2D eigenvalue weighted by Gasteiger charge is 2.17. The third-order valence-electron chi connectivity index (χ3n) is 6.17. The largest absolute Gasteiger partial charge is 0.399 e. The molecule has 13 heteroatoms. The number of nitrogens with zero attached hydrogens (tertiary/aromatic N) is 5. The van der Waals surface area contributed by atoms with Crippen molar-refractivity contribution in [1.82, 2.24) is 9.80 Å². The average Bonchev–Trinajstić information content (AvgIpc) is 3.24. The van der Waals surface area contributed by atoms with Crippen molar-refractivity contribution in [1.29, 1.82) is 0 Å². The first-order chi connectivity index (χ1) is 18.4. The van der Waals surface area contributed by atoms with Crippen molar-refractivity contribution in [3.8, 4) is 0 Å². The van der Waals surface area contributed by atoms with Crippen LogP contribution in [0.25, 0.3) is 0 Å². The van der Waals surface area contributed by atoms with Gasteiger partial charge in [-0.1, -0.05) is 12.1 Å². The summed E-state index contributed by atoms with van der Waals surface area (Å²) in [6.45, 7) is 7.38. The van der Waals surface area contributed by atoms with Gasteiger partial charge in [0.05, 0.1) is 32.1 Å². The standard InChI is InChI=1S/C14H18FN7O.C11H15FN2O/c15-11-7-10(18-19-12-13(16)20-21-14(12)17)2-1-9(11)8-22-3-5-23-6-4-22;12-11-7-10(13)2-1-9(11)8-14-3-5-15-6-4-14/h1-2,7,18H,3-6,8H2,(H4,16,17,19,20,21);1-2,7H,3-6,8,13H2. The lowest BCUT2D eigenvalue weighted by atomic mass is 10.1. The van der Waals surface area contributed by atoms with Gasteiger partial charge in [-0.25, -0.2) is 8.78 Å². The summed E-state index contributed by atoms with van der Waals surface area (Å²) in [7, 11) is 0. The zero-order valence-corrected chi connectivity index (χ0v) is 21.1. The molecule has 0 bridgehead atoms. The highest BCUT2D eigenvalue weighted by molar-refractivity contribution is 6.68. The monoisotopic (exact) mass is 529 g/mol. The fourth-order valence-corrected chi connectivity index (χ4v) is 4.01. The van der Waals surface area contributed by atoms with Gasteiger partial charge in [0.1, 0.15) is 11.6 Å². The van der Waals surface area contributed by atoms with Crippen molar-refractivity contribution < 1.29 is 18.3 Å². The topological polar surface area (TPSA) is 152 Å². The Bertz CT molecular complexity index is 1170. The van der Waals surface area contributed by atoms with Crippen LogP contribution in [0.4, 0.5) is 20.2 Å². The number of amidine groups is 2. The van der Waals surface area contributed by atoms with E-state index in [0.29, 0.717) is 48.8 Å². The molecule has 2 aromatic carbocycles. The van der Waals surface area contributed by atoms with E-state index in [4.69, 9.17) is 26.7 Å². The number of hydrazone groups is 1. The smallest absolute Gasteiger partial charge is 0.177 e. The molecule has 3 aliphatic rings. The number of rotatable bonds is 6. The Morgan fingerprint density at radius 3 is 1.76 bits per heavy atom. The normalized spacial score (nSPS) is 18.3. The Morgan fingerprint density at radius 2 is 1.26 bits per heavy atom. The van der Waals surface area contributed by atoms with Gasteiger partial charge >= 0.3 is 0 Å². The Morgan fingerprint density at radius 1 is 0.763 bits per heavy atom. The molecule has 7 N–H and O–H groups in total. The molecule has 0 radical (unpaired) electrons. The zero-order valence-electron chi connectivity index (χ0n) is 21.1. The molecule has 204 valence electrons. The van der Waals surface area contributed by atoms with Crippen LogP contribution in [0.1, 0.15) is 11.1 Å². The quantitative estimate of drug-likeness (QED) is 0.323. The molecule has 38 heavy (non-hydrogen) atoms. The number of nitrogen functional groups attached to an aromatic ring is 1. The molecule has 0 atom stereocenters. The highest BCUT2D eigenvalue weighted by Crippen LogP contribution is 2.17. The van der Waals surface area contributed by atoms with E-state index in [1.54, 1.807) is 24.3 Å². The second kappa shape index (κ2) is 13.2. The minimum Gasteiger partial charge on any atom is -0.399 e. The number of ether oxygens (including phenoxy) is 2. The molecular formula is C25H33F2N9O2. The second-order valence-corrected chi connectivity index (χ2v) is 8.98. The lowest BCUT2D eigenvalue weighted by Crippen LogP contribution is -2.35. The Kier molecular flexibility index (Phi) is 9.54. The van der Waals surface area contributed by atoms with Crippen molar-refractivity contribution in [2.45, 2.75) is 13.1 Å². The lowest BCUT2D eigenvalue weighted by molar-refractivity contribution is 0.0337. The summed E-state index contributed by atoms with van der Waals surface area (Å²) in [6, 6.07) is 9.72. The van der Waals surface area contributed by atoms with Crippen LogP contribution in [0.15, 0.2) is 51.7 Å². The predicted molar refractivity (Wildman–Crippen MR) is 144 cm³/mol. The van der Waals surface area contributed by atoms with Crippen molar-refractivity contribution >= 4 is 28.8 Å². The van der Waals surface area contributed by atoms with Crippen molar-refractivity contribution in [3.05, 3.63) is 59.2 Å². The summed E-state index contributed by atoms with van der Waals surface area (Å²) in [4.78, 5) is 4.33. The minimum atomic E-state index is -0.295. The fraction of sp³-hybridized carbons (Fsp3) is 0.400. The van der Waals surface area contributed by atoms with Gasteiger partial charge in [-0.15, -0.1) is 10.2 Å². The molecule has 2 aromatic rings. The highest BCUT2D eigenvalue weighted by atomic mass is 19.1. The first-order valence-corrected chi connectivity index (χ1v) is 12.3. The van der Waals surface area contributed by atoms with E-state index in [2.05, 4.69) is 30.5 Å². The molecule has 5 rings (SSSR count). The molecule has 2 saturated heterocycles. The van der Waals surface area contributed by atoms with Crippen molar-refractivity contribution in [2.24, 2.45) is 26.8 Å². The maximum atomic E-state index is 14.2. The maximum Gasteiger partial charge on any atom is 0.177 e. The first kappa shape index (κ1) is 27.4. The number of morpholine rings is 2. The van der Waals surface area contributed by atoms with E-state index in [1.807, 2.05) is 0 Å². The summed E-state index contributed by atoms with van der Waals surface area (Å²) in [6.07, 6.45) is 0. The number of anilines is 2. The molecule has 0 spiro atoms. The van der Waals surface area contributed by atoms with Crippen molar-refractivity contribution in [3.63, 3.8) is 0 Å². The van der Waals surface area contributed by atoms with Gasteiger partial charge in [-0.05, 0) is 24.3 Å².